The van der Waals surface area contributed by atoms with Crippen LogP contribution in [0.15, 0.2) is 109 Å². The van der Waals surface area contributed by atoms with Crippen LogP contribution in [0, 0.1) is 5.41 Å². The summed E-state index contributed by atoms with van der Waals surface area (Å²) in [5, 5.41) is 28.8. The number of fused-ring (bicyclic) bond motifs is 2. The van der Waals surface area contributed by atoms with Crippen molar-refractivity contribution in [3.05, 3.63) is 137 Å². The number of carbonyl (C=O) groups is 5. The summed E-state index contributed by atoms with van der Waals surface area (Å²) in [6.07, 6.45) is 4.55. The summed E-state index contributed by atoms with van der Waals surface area (Å²) in [5.74, 6) is -2.51. The molecule has 1 atom stereocenters. The number of anilines is 1. The minimum absolute atomic E-state index is 0.0426. The molecule has 15 heteroatoms. The van der Waals surface area contributed by atoms with E-state index in [-0.39, 0.29) is 61.8 Å². The molecular formula is C49H48N8O7. The lowest BCUT2D eigenvalue weighted by Crippen LogP contribution is -2.54. The van der Waals surface area contributed by atoms with Crippen molar-refractivity contribution in [2.75, 3.05) is 31.6 Å². The summed E-state index contributed by atoms with van der Waals surface area (Å²) in [6.45, 7) is 1.50. The molecule has 1 saturated carbocycles. The molecule has 1 saturated heterocycles. The lowest BCUT2D eigenvalue weighted by atomic mass is 9.93. The molecule has 0 radical (unpaired) electrons. The van der Waals surface area contributed by atoms with Crippen molar-refractivity contribution in [1.82, 2.24) is 29.7 Å². The van der Waals surface area contributed by atoms with Gasteiger partial charge in [0.25, 0.3) is 17.7 Å². The van der Waals surface area contributed by atoms with Crippen molar-refractivity contribution in [2.24, 2.45) is 0 Å². The molecule has 4 aromatic carbocycles. The Labute approximate surface area is 368 Å². The fourth-order valence-corrected chi connectivity index (χ4v) is 9.12. The zero-order chi connectivity index (χ0) is 44.3. The van der Waals surface area contributed by atoms with Gasteiger partial charge in [0.15, 0.2) is 0 Å². The molecule has 15 nitrogen and oxygen atoms in total. The highest BCUT2D eigenvalue weighted by Crippen LogP contribution is 2.40. The number of aliphatic hydroxyl groups is 1. The molecule has 6 aromatic rings. The van der Waals surface area contributed by atoms with Crippen LogP contribution >= 0.6 is 0 Å². The molecule has 0 bridgehead atoms. The first-order chi connectivity index (χ1) is 31.2. The van der Waals surface area contributed by atoms with Crippen molar-refractivity contribution in [2.45, 2.75) is 63.3 Å². The van der Waals surface area contributed by atoms with Crippen molar-refractivity contribution >= 4 is 46.3 Å². The number of carbonyl (C=O) groups excluding carboxylic acids is 5. The highest BCUT2D eigenvalue weighted by molar-refractivity contribution is 6.25. The molecule has 5 N–H and O–H groups in total. The largest absolute Gasteiger partial charge is 0.393 e. The number of aliphatic hydroxyl groups excluding tert-OH is 1. The Bertz CT molecular complexity index is 2810. The minimum atomic E-state index is -1.05. The number of ether oxygens (including phenoxy) is 1. The van der Waals surface area contributed by atoms with Gasteiger partial charge in [-0.15, -0.1) is 0 Å². The van der Waals surface area contributed by atoms with Crippen LogP contribution in [0.25, 0.3) is 33.4 Å². The summed E-state index contributed by atoms with van der Waals surface area (Å²) >= 11 is 0. The van der Waals surface area contributed by atoms with E-state index in [1.54, 1.807) is 36.7 Å². The average molecular weight is 861 g/mol. The second-order valence-electron chi connectivity index (χ2n) is 16.4. The van der Waals surface area contributed by atoms with Crippen LogP contribution in [0.4, 0.5) is 5.69 Å². The molecule has 326 valence electrons. The Balaban J connectivity index is 0.845. The highest BCUT2D eigenvalue weighted by Gasteiger charge is 2.45. The maximum Gasteiger partial charge on any atom is 0.264 e. The molecule has 2 fully saturated rings. The number of nitrogens with one attached hydrogen (secondary N) is 4. The molecule has 2 aromatic heterocycles. The van der Waals surface area contributed by atoms with Gasteiger partial charge in [0.2, 0.25) is 11.8 Å². The van der Waals surface area contributed by atoms with Crippen LogP contribution in [0.3, 0.4) is 0 Å². The second-order valence-corrected chi connectivity index (χ2v) is 16.4. The van der Waals surface area contributed by atoms with Crippen LogP contribution < -0.4 is 21.4 Å². The Morgan fingerprint density at radius 2 is 1.50 bits per heavy atom. The molecule has 3 aliphatic rings. The van der Waals surface area contributed by atoms with E-state index < -0.39 is 29.7 Å². The van der Waals surface area contributed by atoms with Gasteiger partial charge >= 0.3 is 0 Å². The first-order valence-corrected chi connectivity index (χ1v) is 21.7. The molecule has 5 amide bonds. The number of aromatic nitrogens is 3. The fraction of sp³-hybridized carbons (Fsp3) is 0.286. The van der Waals surface area contributed by atoms with Gasteiger partial charge in [-0.1, -0.05) is 78.9 Å². The predicted molar refractivity (Wildman–Crippen MR) is 238 cm³/mol. The Morgan fingerprint density at radius 1 is 0.797 bits per heavy atom. The van der Waals surface area contributed by atoms with Crippen LogP contribution in [-0.2, 0) is 20.9 Å². The zero-order valence-corrected chi connectivity index (χ0v) is 35.1. The van der Waals surface area contributed by atoms with E-state index in [9.17, 15) is 34.5 Å². The lowest BCUT2D eigenvalue weighted by molar-refractivity contribution is -0.136. The van der Waals surface area contributed by atoms with Gasteiger partial charge in [0.1, 0.15) is 17.2 Å². The topological polar surface area (TPSA) is 201 Å². The molecule has 4 heterocycles. The van der Waals surface area contributed by atoms with Gasteiger partial charge < -0.3 is 29.6 Å². The third kappa shape index (κ3) is 8.22. The van der Waals surface area contributed by atoms with Crippen LogP contribution in [-0.4, -0.2) is 92.1 Å². The third-order valence-corrected chi connectivity index (χ3v) is 12.3. The van der Waals surface area contributed by atoms with Crippen molar-refractivity contribution < 1.29 is 33.8 Å². The second kappa shape index (κ2) is 18.2. The third-order valence-electron chi connectivity index (χ3n) is 12.3. The summed E-state index contributed by atoms with van der Waals surface area (Å²) in [5.41, 5.74) is 7.19. The van der Waals surface area contributed by atoms with Gasteiger partial charge in [-0.2, -0.15) is 0 Å². The van der Waals surface area contributed by atoms with E-state index >= 15 is 0 Å². The zero-order valence-electron chi connectivity index (χ0n) is 35.1. The van der Waals surface area contributed by atoms with Gasteiger partial charge in [-0.05, 0) is 73.1 Å². The summed E-state index contributed by atoms with van der Waals surface area (Å²) in [6, 6.07) is 31.6. The highest BCUT2D eigenvalue weighted by atomic mass is 16.5. The Kier molecular flexibility index (Phi) is 12.0. The standard InChI is InChI=1S/C49H48N8O7/c50-44-42-40(31-8-3-1-4-9-31)43(32-10-5-2-6-11-32)55(45(42)53-29-56(44)34-18-20-35(58)21-19-34)28-30-14-16-33(17-15-30)46(60)52-25-27-64-26-24-51-37-13-7-12-36-41(37)49(63)57(48(36)62)38-22-23-39(59)54-47(38)61/h1-17,29,34-35,38,50-51,58H,18-28H2,(H,52,60)(H,54,59,61). The van der Waals surface area contributed by atoms with Crippen LogP contribution in [0.5, 0.6) is 0 Å². The van der Waals surface area contributed by atoms with Crippen LogP contribution in [0.1, 0.15) is 81.2 Å². The smallest absolute Gasteiger partial charge is 0.264 e. The SMILES string of the molecule is N=c1c2c(-c3ccccc3)c(-c3ccccc3)n(Cc3ccc(C(=O)NCCOCCNc4cccc5c4C(=O)N(C4CCC(=O)NC4=O)C5=O)cc3)c2ncn1C1CCC(O)CC1. The van der Waals surface area contributed by atoms with Gasteiger partial charge in [0, 0.05) is 48.9 Å². The van der Waals surface area contributed by atoms with Crippen molar-refractivity contribution in [1.29, 1.82) is 5.41 Å². The van der Waals surface area contributed by atoms with Crippen molar-refractivity contribution in [3.63, 3.8) is 0 Å². The summed E-state index contributed by atoms with van der Waals surface area (Å²) < 4.78 is 9.89. The lowest BCUT2D eigenvalue weighted by Gasteiger charge is -2.27. The van der Waals surface area contributed by atoms with E-state index in [1.165, 1.54) is 0 Å². The normalized spacial score (nSPS) is 18.6. The fourth-order valence-electron chi connectivity index (χ4n) is 9.12. The molecule has 1 unspecified atom stereocenters. The van der Waals surface area contributed by atoms with E-state index in [2.05, 4.69) is 44.8 Å². The number of piperidine rings is 1. The first-order valence-electron chi connectivity index (χ1n) is 21.7. The summed E-state index contributed by atoms with van der Waals surface area (Å²) in [4.78, 5) is 69.7. The number of hydrogen-bond donors (Lipinski definition) is 5. The van der Waals surface area contributed by atoms with E-state index in [0.29, 0.717) is 48.3 Å². The Hall–Kier alpha value is -7.23. The number of rotatable bonds is 14. The quantitative estimate of drug-likeness (QED) is 0.0700. The van der Waals surface area contributed by atoms with E-state index in [1.807, 2.05) is 53.1 Å². The number of nitrogens with zero attached hydrogens (tertiary/aromatic N) is 4. The average Bonchev–Trinajstić information content (AvgIpc) is 3.77. The number of benzene rings is 4. The molecule has 0 spiro atoms. The molecule has 1 aliphatic carbocycles. The maximum absolute atomic E-state index is 13.4. The number of amides is 5. The van der Waals surface area contributed by atoms with Gasteiger partial charge in [0.05, 0.1) is 47.9 Å². The molecular weight excluding hydrogens is 813 g/mol. The predicted octanol–water partition coefficient (Wildman–Crippen LogP) is 5.44. The molecule has 9 rings (SSSR count). The monoisotopic (exact) mass is 860 g/mol. The van der Waals surface area contributed by atoms with Gasteiger partial charge in [-0.25, -0.2) is 4.98 Å². The number of imide groups is 2. The minimum Gasteiger partial charge on any atom is -0.393 e. The van der Waals surface area contributed by atoms with E-state index in [0.717, 1.165) is 51.1 Å². The van der Waals surface area contributed by atoms with Crippen molar-refractivity contribution in [3.8, 4) is 22.4 Å². The van der Waals surface area contributed by atoms with Gasteiger partial charge in [-0.3, -0.25) is 39.6 Å². The van der Waals surface area contributed by atoms with E-state index in [4.69, 9.17) is 9.72 Å². The number of hydrogen-bond acceptors (Lipinski definition) is 10. The summed E-state index contributed by atoms with van der Waals surface area (Å²) in [7, 11) is 0. The molecule has 2 aliphatic heterocycles. The maximum atomic E-state index is 13.4. The van der Waals surface area contributed by atoms with Crippen LogP contribution in [0.2, 0.25) is 0 Å². The molecule has 64 heavy (non-hydrogen) atoms. The first kappa shape index (κ1) is 42.1. The Morgan fingerprint density at radius 3 is 2.22 bits per heavy atom.